The summed E-state index contributed by atoms with van der Waals surface area (Å²) in [6, 6.07) is 3.29. The zero-order chi connectivity index (χ0) is 9.14. The Morgan fingerprint density at radius 2 is 2.25 bits per heavy atom. The van der Waals surface area contributed by atoms with E-state index in [4.69, 9.17) is 0 Å². The van der Waals surface area contributed by atoms with Crippen molar-refractivity contribution < 1.29 is 9.90 Å². The second kappa shape index (κ2) is 3.72. The van der Waals surface area contributed by atoms with Crippen LogP contribution < -0.4 is 0 Å². The maximum atomic E-state index is 10.4. The molecule has 12 heavy (non-hydrogen) atoms. The van der Waals surface area contributed by atoms with Crippen LogP contribution in [0, 0.1) is 0 Å². The Morgan fingerprint density at radius 1 is 1.58 bits per heavy atom. The van der Waals surface area contributed by atoms with Crippen LogP contribution in [-0.2, 0) is 6.42 Å². The zero-order valence-corrected chi connectivity index (χ0v) is 8.26. The number of carbonyl (C=O) groups excluding carboxylic acids is 1. The van der Waals surface area contributed by atoms with Gasteiger partial charge in [0.25, 0.3) is 0 Å². The summed E-state index contributed by atoms with van der Waals surface area (Å²) in [7, 11) is 0. The third-order valence-corrected chi connectivity index (χ3v) is 2.29. The fraction of sp³-hybridized carbons (Fsp3) is 0.222. The van der Waals surface area contributed by atoms with Crippen LogP contribution >= 0.6 is 15.9 Å². The fourth-order valence-corrected chi connectivity index (χ4v) is 1.54. The van der Waals surface area contributed by atoms with Crippen molar-refractivity contribution in [3.63, 3.8) is 0 Å². The molecule has 64 valence electrons. The summed E-state index contributed by atoms with van der Waals surface area (Å²) in [6.45, 7) is 1.93. The Labute approximate surface area is 79.3 Å². The van der Waals surface area contributed by atoms with Gasteiger partial charge in [0.1, 0.15) is 12.0 Å². The van der Waals surface area contributed by atoms with Crippen molar-refractivity contribution in [2.75, 3.05) is 0 Å². The number of rotatable bonds is 2. The van der Waals surface area contributed by atoms with E-state index in [2.05, 4.69) is 15.9 Å². The number of benzene rings is 1. The van der Waals surface area contributed by atoms with E-state index in [0.717, 1.165) is 11.8 Å². The number of carbonyl (C=O) groups is 1. The van der Waals surface area contributed by atoms with E-state index < -0.39 is 0 Å². The van der Waals surface area contributed by atoms with E-state index in [1.165, 1.54) is 0 Å². The molecule has 1 aromatic rings. The fourth-order valence-electron chi connectivity index (χ4n) is 1.02. The molecule has 0 amide bonds. The van der Waals surface area contributed by atoms with Crippen molar-refractivity contribution >= 4 is 22.2 Å². The quantitative estimate of drug-likeness (QED) is 0.791. The van der Waals surface area contributed by atoms with Crippen LogP contribution in [0.4, 0.5) is 0 Å². The Kier molecular flexibility index (Phi) is 2.87. The molecule has 0 atom stereocenters. The topological polar surface area (TPSA) is 37.3 Å². The number of aryl methyl sites for hydroxylation is 1. The molecule has 0 bridgehead atoms. The summed E-state index contributed by atoms with van der Waals surface area (Å²) in [5.74, 6) is 0.225. The molecule has 0 unspecified atom stereocenters. The number of aromatic hydroxyl groups is 1. The van der Waals surface area contributed by atoms with Crippen molar-refractivity contribution in [2.24, 2.45) is 0 Å². The third-order valence-electron chi connectivity index (χ3n) is 1.68. The predicted octanol–water partition coefficient (Wildman–Crippen LogP) is 2.53. The third kappa shape index (κ3) is 1.67. The molecule has 1 aromatic carbocycles. The van der Waals surface area contributed by atoms with Crippen LogP contribution in [0.3, 0.4) is 0 Å². The molecule has 0 aliphatic rings. The minimum absolute atomic E-state index is 0.225. The predicted molar refractivity (Wildman–Crippen MR) is 50.6 cm³/mol. The molecule has 0 aliphatic heterocycles. The van der Waals surface area contributed by atoms with Crippen molar-refractivity contribution in [2.45, 2.75) is 13.3 Å². The number of hydrogen-bond acceptors (Lipinski definition) is 2. The first-order chi connectivity index (χ1) is 5.69. The van der Waals surface area contributed by atoms with Gasteiger partial charge in [-0.1, -0.05) is 6.92 Å². The first kappa shape index (κ1) is 9.26. The lowest BCUT2D eigenvalue weighted by atomic mass is 10.1. The minimum Gasteiger partial charge on any atom is -0.506 e. The average Bonchev–Trinajstić information content (AvgIpc) is 2.09. The van der Waals surface area contributed by atoms with Gasteiger partial charge in [-0.05, 0) is 40.0 Å². The first-order valence-corrected chi connectivity index (χ1v) is 4.45. The van der Waals surface area contributed by atoms with Crippen molar-refractivity contribution in [1.29, 1.82) is 0 Å². The van der Waals surface area contributed by atoms with Gasteiger partial charge < -0.3 is 5.11 Å². The van der Waals surface area contributed by atoms with Gasteiger partial charge in [-0.15, -0.1) is 0 Å². The van der Waals surface area contributed by atoms with Crippen molar-refractivity contribution in [1.82, 2.24) is 0 Å². The molecule has 0 saturated heterocycles. The second-order valence-corrected chi connectivity index (χ2v) is 3.34. The molecule has 0 spiro atoms. The van der Waals surface area contributed by atoms with E-state index in [1.807, 2.05) is 6.92 Å². The molecule has 0 heterocycles. The highest BCUT2D eigenvalue weighted by Crippen LogP contribution is 2.29. The molecule has 1 rings (SSSR count). The number of aldehydes is 1. The largest absolute Gasteiger partial charge is 0.506 e. The average molecular weight is 229 g/mol. The van der Waals surface area contributed by atoms with Crippen LogP contribution in [-0.4, -0.2) is 11.4 Å². The van der Waals surface area contributed by atoms with Gasteiger partial charge in [-0.2, -0.15) is 0 Å². The van der Waals surface area contributed by atoms with Crippen molar-refractivity contribution in [3.05, 3.63) is 27.7 Å². The second-order valence-electron chi connectivity index (χ2n) is 2.48. The van der Waals surface area contributed by atoms with Gasteiger partial charge in [0, 0.05) is 5.56 Å². The van der Waals surface area contributed by atoms with Gasteiger partial charge in [0.2, 0.25) is 0 Å². The lowest BCUT2D eigenvalue weighted by Crippen LogP contribution is -1.87. The van der Waals surface area contributed by atoms with Crippen LogP contribution in [0.2, 0.25) is 0 Å². The highest BCUT2D eigenvalue weighted by molar-refractivity contribution is 9.10. The molecule has 0 aliphatic carbocycles. The molecule has 2 nitrogen and oxygen atoms in total. The zero-order valence-electron chi connectivity index (χ0n) is 6.67. The summed E-state index contributed by atoms with van der Waals surface area (Å²) in [5, 5.41) is 9.45. The molecule has 1 N–H and O–H groups in total. The Balaban J connectivity index is 3.28. The summed E-state index contributed by atoms with van der Waals surface area (Å²) < 4.78 is 0.573. The van der Waals surface area contributed by atoms with Gasteiger partial charge in [-0.3, -0.25) is 4.79 Å². The molecular weight excluding hydrogens is 220 g/mol. The van der Waals surface area contributed by atoms with Crippen LogP contribution in [0.1, 0.15) is 22.8 Å². The molecule has 0 aromatic heterocycles. The maximum Gasteiger partial charge on any atom is 0.150 e. The lowest BCUT2D eigenvalue weighted by molar-refractivity contribution is 0.112. The van der Waals surface area contributed by atoms with Gasteiger partial charge in [0.15, 0.2) is 0 Å². The molecule has 0 radical (unpaired) electrons. The molecule has 0 fully saturated rings. The number of phenols is 1. The summed E-state index contributed by atoms with van der Waals surface area (Å²) in [4.78, 5) is 10.4. The molecular formula is C9H9BrO2. The van der Waals surface area contributed by atoms with E-state index in [9.17, 15) is 9.90 Å². The summed E-state index contributed by atoms with van der Waals surface area (Å²) in [5.41, 5.74) is 1.36. The number of hydrogen-bond donors (Lipinski definition) is 1. The lowest BCUT2D eigenvalue weighted by Gasteiger charge is -2.04. The molecule has 3 heteroatoms. The van der Waals surface area contributed by atoms with Crippen LogP contribution in [0.15, 0.2) is 16.6 Å². The van der Waals surface area contributed by atoms with Gasteiger partial charge >= 0.3 is 0 Å². The SMILES string of the molecule is CCc1cc(C=O)cc(Br)c1O. The normalized spacial score (nSPS) is 9.83. The summed E-state index contributed by atoms with van der Waals surface area (Å²) in [6.07, 6.45) is 1.48. The maximum absolute atomic E-state index is 10.4. The monoisotopic (exact) mass is 228 g/mol. The minimum atomic E-state index is 0.225. The Bertz CT molecular complexity index is 308. The smallest absolute Gasteiger partial charge is 0.150 e. The molecule has 0 saturated carbocycles. The number of phenolic OH excluding ortho intramolecular Hbond substituents is 1. The van der Waals surface area contributed by atoms with E-state index in [-0.39, 0.29) is 5.75 Å². The van der Waals surface area contributed by atoms with Crippen LogP contribution in [0.25, 0.3) is 0 Å². The first-order valence-electron chi connectivity index (χ1n) is 3.65. The van der Waals surface area contributed by atoms with E-state index >= 15 is 0 Å². The Morgan fingerprint density at radius 3 is 2.75 bits per heavy atom. The van der Waals surface area contributed by atoms with E-state index in [0.29, 0.717) is 16.5 Å². The van der Waals surface area contributed by atoms with Gasteiger partial charge in [0.05, 0.1) is 4.47 Å². The Hall–Kier alpha value is -0.830. The van der Waals surface area contributed by atoms with Crippen LogP contribution in [0.5, 0.6) is 5.75 Å². The highest BCUT2D eigenvalue weighted by Gasteiger charge is 2.05. The highest BCUT2D eigenvalue weighted by atomic mass is 79.9. The number of halogens is 1. The van der Waals surface area contributed by atoms with E-state index in [1.54, 1.807) is 12.1 Å². The van der Waals surface area contributed by atoms with Gasteiger partial charge in [-0.25, -0.2) is 0 Å². The van der Waals surface area contributed by atoms with Crippen molar-refractivity contribution in [3.8, 4) is 5.75 Å². The standard InChI is InChI=1S/C9H9BrO2/c1-2-7-3-6(5-11)4-8(10)9(7)12/h3-5,12H,2H2,1H3. The summed E-state index contributed by atoms with van der Waals surface area (Å²) >= 11 is 3.17.